The second-order valence-corrected chi connectivity index (χ2v) is 5.87. The van der Waals surface area contributed by atoms with Crippen molar-refractivity contribution in [3.8, 4) is 0 Å². The van der Waals surface area contributed by atoms with Crippen LogP contribution in [-0.2, 0) is 9.63 Å². The summed E-state index contributed by atoms with van der Waals surface area (Å²) in [5.41, 5.74) is 0. The van der Waals surface area contributed by atoms with Gasteiger partial charge in [0.05, 0.1) is 0 Å². The van der Waals surface area contributed by atoms with E-state index in [0.717, 1.165) is 12.8 Å². The molecule has 0 saturated heterocycles. The molecule has 2 N–H and O–H groups in total. The van der Waals surface area contributed by atoms with Gasteiger partial charge in [0.1, 0.15) is 0 Å². The van der Waals surface area contributed by atoms with Crippen LogP contribution in [0.1, 0.15) is 96.8 Å². The fourth-order valence-electron chi connectivity index (χ4n) is 2.50. The van der Waals surface area contributed by atoms with Crippen molar-refractivity contribution in [2.75, 3.05) is 0 Å². The number of carbonyl (C=O) groups is 1. The van der Waals surface area contributed by atoms with Crippen LogP contribution >= 0.6 is 0 Å². The van der Waals surface area contributed by atoms with E-state index in [4.69, 9.17) is 5.90 Å². The van der Waals surface area contributed by atoms with Gasteiger partial charge in [0.25, 0.3) is 0 Å². The van der Waals surface area contributed by atoms with Gasteiger partial charge in [0.2, 0.25) is 0 Å². The maximum absolute atomic E-state index is 10.7. The molecule has 3 heteroatoms. The average Bonchev–Trinajstić information content (AvgIpc) is 2.50. The van der Waals surface area contributed by atoms with E-state index in [-0.39, 0.29) is 0 Å². The second-order valence-electron chi connectivity index (χ2n) is 5.87. The van der Waals surface area contributed by atoms with Crippen molar-refractivity contribution < 1.29 is 9.63 Å². The van der Waals surface area contributed by atoms with Crippen molar-refractivity contribution in [3.05, 3.63) is 12.2 Å². The second kappa shape index (κ2) is 17.2. The van der Waals surface area contributed by atoms with Crippen molar-refractivity contribution in [2.45, 2.75) is 96.8 Å². The van der Waals surface area contributed by atoms with E-state index in [2.05, 4.69) is 11.8 Å². The van der Waals surface area contributed by atoms with Gasteiger partial charge >= 0.3 is 5.97 Å². The zero-order valence-electron chi connectivity index (χ0n) is 13.9. The fourth-order valence-corrected chi connectivity index (χ4v) is 2.50. The minimum atomic E-state index is -0.468. The highest BCUT2D eigenvalue weighted by Crippen LogP contribution is 2.12. The third-order valence-electron chi connectivity index (χ3n) is 3.84. The fraction of sp³-hybridized carbons (Fsp3) is 0.833. The van der Waals surface area contributed by atoms with E-state index in [0.29, 0.717) is 0 Å². The summed E-state index contributed by atoms with van der Waals surface area (Å²) in [5, 5.41) is 0. The zero-order valence-corrected chi connectivity index (χ0v) is 13.9. The van der Waals surface area contributed by atoms with E-state index in [1.807, 2.05) is 6.08 Å². The Kier molecular flexibility index (Phi) is 16.5. The number of carbonyl (C=O) groups excluding carboxylic acids is 1. The van der Waals surface area contributed by atoms with Gasteiger partial charge in [0.15, 0.2) is 0 Å². The van der Waals surface area contributed by atoms with Gasteiger partial charge in [-0.2, -0.15) is 5.90 Å². The van der Waals surface area contributed by atoms with Gasteiger partial charge < -0.3 is 4.84 Å². The third-order valence-corrected chi connectivity index (χ3v) is 3.84. The average molecular weight is 297 g/mol. The Morgan fingerprint density at radius 3 is 1.67 bits per heavy atom. The molecule has 0 bridgehead atoms. The minimum absolute atomic E-state index is 0.468. The summed E-state index contributed by atoms with van der Waals surface area (Å²) in [5.74, 6) is 4.26. The molecular weight excluding hydrogens is 262 g/mol. The molecule has 0 aliphatic heterocycles. The first kappa shape index (κ1) is 20.2. The van der Waals surface area contributed by atoms with Gasteiger partial charge in [-0.15, -0.1) is 0 Å². The van der Waals surface area contributed by atoms with E-state index in [1.54, 1.807) is 0 Å². The number of hydrogen-bond donors (Lipinski definition) is 1. The number of unbranched alkanes of at least 4 members (excludes halogenated alkanes) is 13. The molecule has 124 valence electrons. The summed E-state index contributed by atoms with van der Waals surface area (Å²) in [4.78, 5) is 14.8. The Balaban J connectivity index is 3.06. The molecule has 0 atom stereocenters. The minimum Gasteiger partial charge on any atom is -0.370 e. The van der Waals surface area contributed by atoms with Gasteiger partial charge in [-0.05, 0) is 12.8 Å². The van der Waals surface area contributed by atoms with Gasteiger partial charge in [-0.1, -0.05) is 90.0 Å². The summed E-state index contributed by atoms with van der Waals surface area (Å²) >= 11 is 0. The predicted molar refractivity (Wildman–Crippen MR) is 89.7 cm³/mol. The number of allylic oxidation sites excluding steroid dienone is 1. The molecule has 0 heterocycles. The summed E-state index contributed by atoms with van der Waals surface area (Å²) in [6.45, 7) is 2.27. The molecule has 0 saturated carbocycles. The topological polar surface area (TPSA) is 52.3 Å². The van der Waals surface area contributed by atoms with Crippen molar-refractivity contribution >= 4 is 5.97 Å². The van der Waals surface area contributed by atoms with Crippen LogP contribution in [0.25, 0.3) is 0 Å². The zero-order chi connectivity index (χ0) is 15.6. The molecule has 0 radical (unpaired) electrons. The molecule has 0 unspecified atom stereocenters. The number of rotatable bonds is 15. The molecule has 0 spiro atoms. The van der Waals surface area contributed by atoms with Crippen LogP contribution in [0, 0.1) is 0 Å². The summed E-state index contributed by atoms with van der Waals surface area (Å²) in [7, 11) is 0. The van der Waals surface area contributed by atoms with Crippen molar-refractivity contribution in [2.24, 2.45) is 5.90 Å². The van der Waals surface area contributed by atoms with E-state index >= 15 is 0 Å². The maximum atomic E-state index is 10.7. The molecule has 0 rings (SSSR count). The lowest BCUT2D eigenvalue weighted by Gasteiger charge is -2.02. The van der Waals surface area contributed by atoms with Crippen molar-refractivity contribution in [1.82, 2.24) is 0 Å². The SMILES string of the molecule is CCCCCCCCCCCCCCCC=CC(=O)ON. The molecule has 3 nitrogen and oxygen atoms in total. The van der Waals surface area contributed by atoms with Crippen LogP contribution in [0.3, 0.4) is 0 Å². The first-order valence-corrected chi connectivity index (χ1v) is 8.88. The van der Waals surface area contributed by atoms with Crippen LogP contribution in [-0.4, -0.2) is 5.97 Å². The molecule has 0 aromatic heterocycles. The normalized spacial score (nSPS) is 11.1. The Labute approximate surface area is 131 Å². The Bertz CT molecular complexity index is 252. The van der Waals surface area contributed by atoms with E-state index in [1.165, 1.54) is 83.1 Å². The molecular formula is C18H35NO2. The molecule has 0 amide bonds. The van der Waals surface area contributed by atoms with Crippen LogP contribution in [0.2, 0.25) is 0 Å². The number of hydrogen-bond acceptors (Lipinski definition) is 3. The summed E-state index contributed by atoms with van der Waals surface area (Å²) in [6.07, 6.45) is 21.9. The highest BCUT2D eigenvalue weighted by Gasteiger charge is 1.94. The predicted octanol–water partition coefficient (Wildman–Crippen LogP) is 5.44. The largest absolute Gasteiger partial charge is 0.370 e. The Morgan fingerprint density at radius 1 is 0.810 bits per heavy atom. The molecule has 0 aliphatic carbocycles. The lowest BCUT2D eigenvalue weighted by Crippen LogP contribution is -2.05. The maximum Gasteiger partial charge on any atom is 0.348 e. The van der Waals surface area contributed by atoms with Gasteiger partial charge in [-0.25, -0.2) is 4.79 Å². The van der Waals surface area contributed by atoms with Crippen LogP contribution < -0.4 is 5.90 Å². The van der Waals surface area contributed by atoms with Crippen molar-refractivity contribution in [3.63, 3.8) is 0 Å². The molecule has 0 fully saturated rings. The van der Waals surface area contributed by atoms with Crippen LogP contribution in [0.5, 0.6) is 0 Å². The lowest BCUT2D eigenvalue weighted by atomic mass is 10.0. The van der Waals surface area contributed by atoms with Gasteiger partial charge in [-0.3, -0.25) is 0 Å². The smallest absolute Gasteiger partial charge is 0.348 e. The van der Waals surface area contributed by atoms with Crippen LogP contribution in [0.15, 0.2) is 12.2 Å². The Hall–Kier alpha value is -0.830. The molecule has 0 aromatic rings. The molecule has 21 heavy (non-hydrogen) atoms. The first-order chi connectivity index (χ1) is 10.3. The van der Waals surface area contributed by atoms with E-state index < -0.39 is 5.97 Å². The first-order valence-electron chi connectivity index (χ1n) is 8.88. The number of nitrogens with two attached hydrogens (primary N) is 1. The molecule has 0 aromatic carbocycles. The lowest BCUT2D eigenvalue weighted by molar-refractivity contribution is -0.138. The summed E-state index contributed by atoms with van der Waals surface area (Å²) in [6, 6.07) is 0. The van der Waals surface area contributed by atoms with E-state index in [9.17, 15) is 4.79 Å². The van der Waals surface area contributed by atoms with Crippen LogP contribution in [0.4, 0.5) is 0 Å². The van der Waals surface area contributed by atoms with Crippen molar-refractivity contribution in [1.29, 1.82) is 0 Å². The monoisotopic (exact) mass is 297 g/mol. The molecule has 0 aliphatic rings. The Morgan fingerprint density at radius 2 is 1.24 bits per heavy atom. The highest BCUT2D eigenvalue weighted by molar-refractivity contribution is 5.81. The summed E-state index contributed by atoms with van der Waals surface area (Å²) < 4.78 is 0. The quantitative estimate of drug-likeness (QED) is 0.249. The highest BCUT2D eigenvalue weighted by atomic mass is 16.7. The van der Waals surface area contributed by atoms with Gasteiger partial charge in [0, 0.05) is 6.08 Å². The standard InChI is InChI=1S/C18H35NO2/c1-2-3-4-5-6-7-8-9-10-11-12-13-14-15-16-17-18(20)21-19/h16-17H,2-15,19H2,1H3. The third kappa shape index (κ3) is 17.1.